The van der Waals surface area contributed by atoms with Gasteiger partial charge in [0.1, 0.15) is 6.04 Å². The Hall–Kier alpha value is -5.33. The van der Waals surface area contributed by atoms with E-state index in [1.165, 1.54) is 24.4 Å². The van der Waals surface area contributed by atoms with Gasteiger partial charge in [-0.05, 0) is 35.7 Å². The van der Waals surface area contributed by atoms with E-state index < -0.39 is 60.2 Å². The molecule has 3 aromatic carbocycles. The Morgan fingerprint density at radius 1 is 0.941 bits per heavy atom. The van der Waals surface area contributed by atoms with Gasteiger partial charge in [-0.2, -0.15) is 0 Å². The molecule has 0 fully saturated rings. The number of carboxylic acids is 1. The lowest BCUT2D eigenvalue weighted by Gasteiger charge is -2.29. The molecule has 2 unspecified atom stereocenters. The van der Waals surface area contributed by atoms with Crippen LogP contribution in [0.5, 0.6) is 0 Å². The molecule has 0 spiro atoms. The first-order chi connectivity index (χ1) is 24.4. The molecular formula is C37H34Cl2N4O8. The summed E-state index contributed by atoms with van der Waals surface area (Å²) in [5.41, 5.74) is 0.245. The summed E-state index contributed by atoms with van der Waals surface area (Å²) in [6.07, 6.45) is 0.568. The Labute approximate surface area is 303 Å². The number of nitrogens with one attached hydrogen (secondary N) is 2. The van der Waals surface area contributed by atoms with Crippen LogP contribution in [0.3, 0.4) is 0 Å². The molecule has 3 atom stereocenters. The van der Waals surface area contributed by atoms with Crippen LogP contribution in [0.25, 0.3) is 10.9 Å². The molecule has 0 aliphatic carbocycles. The van der Waals surface area contributed by atoms with Crippen molar-refractivity contribution in [2.75, 3.05) is 6.61 Å². The molecule has 264 valence electrons. The summed E-state index contributed by atoms with van der Waals surface area (Å²) in [6, 6.07) is 20.1. The molecule has 1 aromatic heterocycles. The molecule has 0 saturated heterocycles. The van der Waals surface area contributed by atoms with Crippen molar-refractivity contribution in [2.45, 2.75) is 50.8 Å². The summed E-state index contributed by atoms with van der Waals surface area (Å²) in [5, 5.41) is 20.2. The minimum atomic E-state index is -1.72. The number of para-hydroxylation sites is 1. The third-order valence-corrected chi connectivity index (χ3v) is 8.93. The van der Waals surface area contributed by atoms with Crippen molar-refractivity contribution in [3.05, 3.63) is 112 Å². The summed E-state index contributed by atoms with van der Waals surface area (Å²) >= 11 is 12.1. The van der Waals surface area contributed by atoms with Gasteiger partial charge >= 0.3 is 11.9 Å². The molecule has 0 bridgehead atoms. The number of fused-ring (bicyclic) bond motifs is 1. The monoisotopic (exact) mass is 732 g/mol. The number of esters is 1. The number of aliphatic carboxylic acids is 1. The topological polar surface area (TPSA) is 173 Å². The predicted octanol–water partition coefficient (Wildman–Crippen LogP) is 5.44. The highest BCUT2D eigenvalue weighted by molar-refractivity contribution is 6.39. The van der Waals surface area contributed by atoms with Crippen LogP contribution < -0.4 is 10.6 Å². The molecule has 4 aromatic rings. The minimum Gasteiger partial charge on any atom is -0.481 e. The number of nitrogens with zero attached hydrogens (tertiary/aromatic N) is 2. The molecule has 5 rings (SSSR count). The Kier molecular flexibility index (Phi) is 11.7. The molecule has 0 radical (unpaired) electrons. The molecule has 2 heterocycles. The fraction of sp³-hybridized carbons (Fsp3) is 0.270. The van der Waals surface area contributed by atoms with Gasteiger partial charge in [0.25, 0.3) is 11.8 Å². The van der Waals surface area contributed by atoms with E-state index in [0.717, 1.165) is 10.9 Å². The van der Waals surface area contributed by atoms with Crippen LogP contribution in [-0.2, 0) is 30.4 Å². The van der Waals surface area contributed by atoms with Crippen LogP contribution in [-0.4, -0.2) is 69.6 Å². The van der Waals surface area contributed by atoms with Gasteiger partial charge in [-0.1, -0.05) is 96.8 Å². The van der Waals surface area contributed by atoms with Crippen molar-refractivity contribution in [3.63, 3.8) is 0 Å². The highest BCUT2D eigenvalue weighted by Crippen LogP contribution is 2.32. The summed E-state index contributed by atoms with van der Waals surface area (Å²) in [6.45, 7) is 2.88. The van der Waals surface area contributed by atoms with Crippen LogP contribution in [0.4, 0.5) is 0 Å². The lowest BCUT2D eigenvalue weighted by molar-refractivity contribution is -0.148. The van der Waals surface area contributed by atoms with E-state index in [0.29, 0.717) is 16.8 Å². The van der Waals surface area contributed by atoms with Crippen LogP contribution in [0.1, 0.15) is 53.0 Å². The molecular weight excluding hydrogens is 699 g/mol. The van der Waals surface area contributed by atoms with Crippen molar-refractivity contribution in [3.8, 4) is 0 Å². The maximum Gasteiger partial charge on any atom is 0.341 e. The third-order valence-electron chi connectivity index (χ3n) is 8.30. The van der Waals surface area contributed by atoms with E-state index in [4.69, 9.17) is 32.8 Å². The number of carbonyl (C=O) groups is 5. The summed E-state index contributed by atoms with van der Waals surface area (Å²) in [5.74, 6) is -4.70. The maximum absolute atomic E-state index is 14.1. The predicted molar refractivity (Wildman–Crippen MR) is 190 cm³/mol. The maximum atomic E-state index is 14.1. The van der Waals surface area contributed by atoms with Gasteiger partial charge in [0.15, 0.2) is 12.4 Å². The number of carbonyl (C=O) groups excluding carboxylic acids is 4. The van der Waals surface area contributed by atoms with Crippen LogP contribution in [0.15, 0.2) is 90.2 Å². The van der Waals surface area contributed by atoms with E-state index in [1.807, 2.05) is 38.1 Å². The van der Waals surface area contributed by atoms with Gasteiger partial charge in [0.05, 0.1) is 44.9 Å². The number of amides is 2. The van der Waals surface area contributed by atoms with Gasteiger partial charge < -0.3 is 25.3 Å². The lowest BCUT2D eigenvalue weighted by Crippen LogP contribution is -2.55. The summed E-state index contributed by atoms with van der Waals surface area (Å²) < 4.78 is 5.11. The number of carboxylic acid groups (broad SMARTS) is 1. The Bertz CT molecular complexity index is 1980. The zero-order valence-electron chi connectivity index (χ0n) is 27.6. The zero-order valence-corrected chi connectivity index (χ0v) is 29.1. The van der Waals surface area contributed by atoms with Crippen LogP contribution >= 0.6 is 23.2 Å². The molecule has 14 heteroatoms. The normalized spacial score (nSPS) is 16.5. The first kappa shape index (κ1) is 36.9. The number of hydrogen-bond donors (Lipinski definition) is 3. The largest absolute Gasteiger partial charge is 0.481 e. The molecule has 2 amide bonds. The molecule has 3 N–H and O–H groups in total. The molecule has 51 heavy (non-hydrogen) atoms. The van der Waals surface area contributed by atoms with E-state index in [1.54, 1.807) is 36.4 Å². The van der Waals surface area contributed by atoms with Crippen LogP contribution in [0, 0.1) is 5.92 Å². The molecule has 1 aliphatic rings. The second kappa shape index (κ2) is 16.1. The first-order valence-corrected chi connectivity index (χ1v) is 16.7. The Morgan fingerprint density at radius 2 is 1.63 bits per heavy atom. The standard InChI is InChI=1S/C37H34Cl2N4O8/c1-21(2)33(42-34(47)24-15-23-11-6-7-14-27(23)40-19-24)29-18-37(51-43-29,17-22-9-4-3-5-10-22)36(49)41-28(16-31(45)46)30(44)20-50-35(48)32-25(38)12-8-13-26(32)39/h3-15,19,21,28,33H,16-18,20H2,1-2H3,(H,41,49)(H,42,47)(H,45,46)/t28-,33?,37?/m0/s1. The van der Waals surface area contributed by atoms with Crippen LogP contribution in [0.2, 0.25) is 10.0 Å². The van der Waals surface area contributed by atoms with Gasteiger partial charge in [0, 0.05) is 24.4 Å². The second-order valence-corrected chi connectivity index (χ2v) is 13.2. The number of aromatic nitrogens is 1. The Balaban J connectivity index is 1.35. The summed E-state index contributed by atoms with van der Waals surface area (Å²) in [4.78, 5) is 75.6. The lowest BCUT2D eigenvalue weighted by atomic mass is 9.84. The van der Waals surface area contributed by atoms with Crippen molar-refractivity contribution in [1.82, 2.24) is 15.6 Å². The van der Waals surface area contributed by atoms with Gasteiger partial charge in [0.2, 0.25) is 5.60 Å². The number of ketones is 1. The van der Waals surface area contributed by atoms with Crippen molar-refractivity contribution >= 4 is 69.4 Å². The minimum absolute atomic E-state index is 0.00259. The number of hydrogen-bond acceptors (Lipinski definition) is 9. The number of rotatable bonds is 14. The van der Waals surface area contributed by atoms with E-state index in [9.17, 15) is 29.1 Å². The third kappa shape index (κ3) is 8.89. The number of Topliss-reactive ketones (excluding diaryl/α,β-unsaturated/α-hetero) is 1. The highest BCUT2D eigenvalue weighted by Gasteiger charge is 2.49. The summed E-state index contributed by atoms with van der Waals surface area (Å²) in [7, 11) is 0. The second-order valence-electron chi connectivity index (χ2n) is 12.4. The average Bonchev–Trinajstić information content (AvgIpc) is 3.53. The Morgan fingerprint density at radius 3 is 2.31 bits per heavy atom. The highest BCUT2D eigenvalue weighted by atomic mass is 35.5. The van der Waals surface area contributed by atoms with Gasteiger partial charge in [-0.3, -0.25) is 24.2 Å². The van der Waals surface area contributed by atoms with E-state index in [-0.39, 0.29) is 34.4 Å². The molecule has 1 aliphatic heterocycles. The van der Waals surface area contributed by atoms with Crippen molar-refractivity contribution < 1.29 is 38.7 Å². The zero-order chi connectivity index (χ0) is 36.7. The number of benzene rings is 3. The molecule has 12 nitrogen and oxygen atoms in total. The average molecular weight is 734 g/mol. The number of ether oxygens (including phenoxy) is 1. The number of halogens is 2. The van der Waals surface area contributed by atoms with Gasteiger partial charge in [-0.15, -0.1) is 0 Å². The van der Waals surface area contributed by atoms with E-state index >= 15 is 0 Å². The first-order valence-electron chi connectivity index (χ1n) is 16.0. The quantitative estimate of drug-likeness (QED) is 0.143. The number of pyridine rings is 1. The van der Waals surface area contributed by atoms with E-state index in [2.05, 4.69) is 20.8 Å². The van der Waals surface area contributed by atoms with Crippen molar-refractivity contribution in [1.29, 1.82) is 0 Å². The van der Waals surface area contributed by atoms with Crippen molar-refractivity contribution in [2.24, 2.45) is 11.1 Å². The fourth-order valence-corrected chi connectivity index (χ4v) is 6.21. The number of oxime groups is 1. The molecule has 0 saturated carbocycles. The fourth-order valence-electron chi connectivity index (χ4n) is 5.66. The SMILES string of the molecule is CC(C)C(NC(=O)c1cnc2ccccc2c1)C1=NOC(Cc2ccccc2)(C(=O)N[C@@H](CC(=O)O)C(=O)COC(=O)c2c(Cl)cccc2Cl)C1. The smallest absolute Gasteiger partial charge is 0.341 e. The van der Waals surface area contributed by atoms with Gasteiger partial charge in [-0.25, -0.2) is 4.79 Å².